The molecule has 0 spiro atoms. The molecule has 33 heavy (non-hydrogen) atoms. The van der Waals surface area contributed by atoms with Gasteiger partial charge >= 0.3 is 0 Å². The van der Waals surface area contributed by atoms with E-state index >= 15 is 0 Å². The summed E-state index contributed by atoms with van der Waals surface area (Å²) in [5, 5.41) is 12.8. The monoisotopic (exact) mass is 443 g/mol. The average Bonchev–Trinajstić information content (AvgIpc) is 3.64. The Morgan fingerprint density at radius 1 is 0.848 bits per heavy atom. The second kappa shape index (κ2) is 10.9. The summed E-state index contributed by atoms with van der Waals surface area (Å²) in [4.78, 5) is 2.52. The van der Waals surface area contributed by atoms with Crippen molar-refractivity contribution in [1.29, 1.82) is 5.41 Å². The largest absolute Gasteiger partial charge is 0.356 e. The number of nitrogens with zero attached hydrogens (tertiary/aromatic N) is 1. The van der Waals surface area contributed by atoms with Crippen molar-refractivity contribution in [2.75, 3.05) is 13.1 Å². The third kappa shape index (κ3) is 5.87. The molecule has 1 heterocycles. The molecule has 0 bridgehead atoms. The van der Waals surface area contributed by atoms with Gasteiger partial charge in [-0.1, -0.05) is 73.9 Å². The van der Waals surface area contributed by atoms with Crippen LogP contribution in [-0.4, -0.2) is 35.9 Å². The van der Waals surface area contributed by atoms with Crippen LogP contribution in [0.1, 0.15) is 69.8 Å². The van der Waals surface area contributed by atoms with Gasteiger partial charge in [-0.2, -0.15) is 0 Å². The van der Waals surface area contributed by atoms with Crippen molar-refractivity contribution in [2.45, 2.75) is 82.7 Å². The first-order valence-corrected chi connectivity index (χ1v) is 13.5. The lowest BCUT2D eigenvalue weighted by atomic mass is 9.83. The Labute approximate surface area is 200 Å². The highest BCUT2D eigenvalue weighted by Gasteiger charge is 2.37. The van der Waals surface area contributed by atoms with Crippen molar-refractivity contribution in [1.82, 2.24) is 10.2 Å². The minimum Gasteiger partial charge on any atom is -0.356 e. The molecule has 5 rings (SSSR count). The number of hydrogen-bond acceptors (Lipinski definition) is 2. The first kappa shape index (κ1) is 22.7. The van der Waals surface area contributed by atoms with Crippen LogP contribution in [0, 0.1) is 17.2 Å². The Bertz CT molecular complexity index is 881. The van der Waals surface area contributed by atoms with Gasteiger partial charge in [-0.25, -0.2) is 0 Å². The molecule has 0 amide bonds. The highest BCUT2D eigenvalue weighted by molar-refractivity contribution is 5.84. The van der Waals surface area contributed by atoms with E-state index < -0.39 is 0 Å². The summed E-state index contributed by atoms with van der Waals surface area (Å²) >= 11 is 0. The van der Waals surface area contributed by atoms with Crippen LogP contribution in [0.4, 0.5) is 0 Å². The molecule has 1 saturated heterocycles. The Morgan fingerprint density at radius 2 is 1.58 bits per heavy atom. The summed E-state index contributed by atoms with van der Waals surface area (Å²) in [7, 11) is 0. The van der Waals surface area contributed by atoms with E-state index in [1.807, 2.05) is 0 Å². The number of hydrogen-bond donors (Lipinski definition) is 2. The number of rotatable bonds is 10. The molecule has 3 aliphatic rings. The van der Waals surface area contributed by atoms with E-state index in [4.69, 9.17) is 5.41 Å². The first-order valence-electron chi connectivity index (χ1n) is 13.5. The minimum absolute atomic E-state index is 0.459. The van der Waals surface area contributed by atoms with Gasteiger partial charge in [0.1, 0.15) is 0 Å². The van der Waals surface area contributed by atoms with E-state index in [2.05, 4.69) is 64.8 Å². The summed E-state index contributed by atoms with van der Waals surface area (Å²) < 4.78 is 0. The zero-order valence-electron chi connectivity index (χ0n) is 20.1. The molecule has 2 aliphatic carbocycles. The van der Waals surface area contributed by atoms with Gasteiger partial charge in [0.15, 0.2) is 0 Å². The first-order chi connectivity index (χ1) is 16.3. The lowest BCUT2D eigenvalue weighted by molar-refractivity contribution is 0.186. The van der Waals surface area contributed by atoms with Crippen molar-refractivity contribution < 1.29 is 0 Å². The van der Waals surface area contributed by atoms with Gasteiger partial charge in [0, 0.05) is 31.1 Å². The number of likely N-dealkylation sites (tertiary alicyclic amines) is 1. The van der Waals surface area contributed by atoms with Crippen LogP contribution in [0.2, 0.25) is 0 Å². The number of nitrogens with one attached hydrogen (secondary N) is 2. The van der Waals surface area contributed by atoms with Gasteiger partial charge in [0.25, 0.3) is 0 Å². The zero-order valence-corrected chi connectivity index (χ0v) is 20.1. The maximum Gasteiger partial charge on any atom is 0.0993 e. The van der Waals surface area contributed by atoms with E-state index in [0.717, 1.165) is 43.7 Å². The minimum atomic E-state index is 0.459. The molecule has 3 nitrogen and oxygen atoms in total. The van der Waals surface area contributed by atoms with Crippen molar-refractivity contribution in [3.63, 3.8) is 0 Å². The van der Waals surface area contributed by atoms with Crippen LogP contribution in [0.3, 0.4) is 0 Å². The molecule has 3 heteroatoms. The quantitative estimate of drug-likeness (QED) is 0.430. The molecule has 0 radical (unpaired) electrons. The standard InChI is InChI=1S/C30H41N3/c31-30-27(13-7-8-23-14-16-25(17-15-23)24-9-3-1-4-10-24)20-21-33(30)29(22-32-28-18-19-28)26-11-5-2-6-12-26/h1,3-4,9-10,14-17,26-29,31-32H,2,5-8,11-13,18-22H2. The lowest BCUT2D eigenvalue weighted by Gasteiger charge is -2.38. The Morgan fingerprint density at radius 3 is 2.30 bits per heavy atom. The highest BCUT2D eigenvalue weighted by Crippen LogP contribution is 2.34. The van der Waals surface area contributed by atoms with E-state index in [9.17, 15) is 0 Å². The predicted molar refractivity (Wildman–Crippen MR) is 139 cm³/mol. The maximum absolute atomic E-state index is 9.02. The van der Waals surface area contributed by atoms with Gasteiger partial charge in [-0.15, -0.1) is 0 Å². The van der Waals surface area contributed by atoms with E-state index in [-0.39, 0.29) is 0 Å². The molecule has 0 aromatic heterocycles. The Kier molecular flexibility index (Phi) is 7.46. The second-order valence-electron chi connectivity index (χ2n) is 10.7. The summed E-state index contributed by atoms with van der Waals surface area (Å²) in [5.41, 5.74) is 4.00. The van der Waals surface area contributed by atoms with Crippen LogP contribution in [0.25, 0.3) is 11.1 Å². The molecular weight excluding hydrogens is 402 g/mol. The number of aryl methyl sites for hydroxylation is 1. The van der Waals surface area contributed by atoms with Gasteiger partial charge in [0.05, 0.1) is 5.84 Å². The van der Waals surface area contributed by atoms with Gasteiger partial charge in [0.2, 0.25) is 0 Å². The van der Waals surface area contributed by atoms with Gasteiger partial charge < -0.3 is 10.2 Å². The van der Waals surface area contributed by atoms with Crippen LogP contribution in [-0.2, 0) is 6.42 Å². The summed E-state index contributed by atoms with van der Waals surface area (Å²) in [5.74, 6) is 2.19. The normalized spacial score (nSPS) is 22.6. The fraction of sp³-hybridized carbons (Fsp3) is 0.567. The van der Waals surface area contributed by atoms with Crippen LogP contribution in [0.15, 0.2) is 54.6 Å². The van der Waals surface area contributed by atoms with E-state index in [1.165, 1.54) is 74.5 Å². The van der Waals surface area contributed by atoms with Crippen molar-refractivity contribution in [3.05, 3.63) is 60.2 Å². The summed E-state index contributed by atoms with van der Waals surface area (Å²) in [6, 6.07) is 21.0. The van der Waals surface area contributed by atoms with Crippen LogP contribution in [0.5, 0.6) is 0 Å². The van der Waals surface area contributed by atoms with Crippen LogP contribution < -0.4 is 5.32 Å². The molecular formula is C30H41N3. The van der Waals surface area contributed by atoms with E-state index in [0.29, 0.717) is 12.0 Å². The summed E-state index contributed by atoms with van der Waals surface area (Å²) in [6.07, 6.45) is 14.3. The fourth-order valence-electron chi connectivity index (χ4n) is 6.08. The Balaban J connectivity index is 1.13. The molecule has 2 unspecified atom stereocenters. The zero-order chi connectivity index (χ0) is 22.5. The molecule has 2 N–H and O–H groups in total. The SMILES string of the molecule is N=C1C(CCCc2ccc(-c3ccccc3)cc2)CCN1C(CNC1CC1)C1CCCCC1. The fourth-order valence-corrected chi connectivity index (χ4v) is 6.08. The summed E-state index contributed by atoms with van der Waals surface area (Å²) in [6.45, 7) is 2.20. The Hall–Kier alpha value is -2.13. The topological polar surface area (TPSA) is 39.1 Å². The van der Waals surface area contributed by atoms with Gasteiger partial charge in [-0.3, -0.25) is 5.41 Å². The number of benzene rings is 2. The molecule has 176 valence electrons. The molecule has 1 aliphatic heterocycles. The third-order valence-corrected chi connectivity index (χ3v) is 8.28. The van der Waals surface area contributed by atoms with Crippen molar-refractivity contribution in [3.8, 4) is 11.1 Å². The number of amidine groups is 1. The molecule has 3 fully saturated rings. The van der Waals surface area contributed by atoms with Crippen molar-refractivity contribution in [2.24, 2.45) is 11.8 Å². The second-order valence-corrected chi connectivity index (χ2v) is 10.7. The molecule has 2 saturated carbocycles. The average molecular weight is 444 g/mol. The van der Waals surface area contributed by atoms with Crippen molar-refractivity contribution >= 4 is 5.84 Å². The van der Waals surface area contributed by atoms with Gasteiger partial charge in [-0.05, 0) is 74.0 Å². The smallest absolute Gasteiger partial charge is 0.0993 e. The highest BCUT2D eigenvalue weighted by atomic mass is 15.2. The third-order valence-electron chi connectivity index (χ3n) is 8.28. The van der Waals surface area contributed by atoms with Crippen LogP contribution >= 0.6 is 0 Å². The predicted octanol–water partition coefficient (Wildman–Crippen LogP) is 6.68. The van der Waals surface area contributed by atoms with E-state index in [1.54, 1.807) is 0 Å². The maximum atomic E-state index is 9.02. The molecule has 2 aromatic rings. The molecule has 2 aromatic carbocycles. The molecule has 2 atom stereocenters. The lowest BCUT2D eigenvalue weighted by Crippen LogP contribution is -2.49.